The minimum atomic E-state index is -0.413. The summed E-state index contributed by atoms with van der Waals surface area (Å²) >= 11 is 0. The Labute approximate surface area is 388 Å². The molecule has 66 heavy (non-hydrogen) atoms. The van der Waals surface area contributed by atoms with Gasteiger partial charge in [0.05, 0.1) is 19.8 Å². The lowest BCUT2D eigenvalue weighted by molar-refractivity contribution is -0.138. The van der Waals surface area contributed by atoms with Crippen molar-refractivity contribution in [1.29, 1.82) is 0 Å². The Morgan fingerprint density at radius 3 is 0.833 bits per heavy atom. The van der Waals surface area contributed by atoms with Crippen LogP contribution in [-0.4, -0.2) is 49.4 Å². The van der Waals surface area contributed by atoms with Gasteiger partial charge in [0.25, 0.3) is 0 Å². The van der Waals surface area contributed by atoms with Crippen molar-refractivity contribution in [3.05, 3.63) is 206 Å². The van der Waals surface area contributed by atoms with E-state index in [-0.39, 0.29) is 6.61 Å². The lowest BCUT2D eigenvalue weighted by atomic mass is 10.0. The standard InChI is InChI=1S/C57H58N2O7/c1-4-55(61)64-40-8-12-44-17-29-50(30-18-44)58(49-27-15-43(16-28-49)11-7-39-60)53-35-23-47(24-36-53)48-25-37-54(38-26-48)59(51-31-19-45(20-32-51)13-9-41-65-56(62)5-2)52-33-21-46(22-34-52)14-10-42-66-57(63)6-3/h4-6,15-38,60H,1-3,7-14,39-42H2. The van der Waals surface area contributed by atoms with Crippen LogP contribution in [0.5, 0.6) is 0 Å². The highest BCUT2D eigenvalue weighted by molar-refractivity contribution is 5.83. The molecule has 0 heterocycles. The number of benzene rings is 6. The van der Waals surface area contributed by atoms with Crippen LogP contribution in [-0.2, 0) is 54.3 Å². The van der Waals surface area contributed by atoms with E-state index in [1.54, 1.807) is 0 Å². The summed E-state index contributed by atoms with van der Waals surface area (Å²) in [6, 6.07) is 51.1. The number of aryl methyl sites for hydroxylation is 4. The molecule has 0 unspecified atom stereocenters. The quantitative estimate of drug-likeness (QED) is 0.0260. The Bertz CT molecular complexity index is 2430. The van der Waals surface area contributed by atoms with E-state index in [0.717, 1.165) is 100 Å². The number of aliphatic hydroxyl groups is 1. The van der Waals surface area contributed by atoms with E-state index < -0.39 is 17.9 Å². The van der Waals surface area contributed by atoms with Crippen LogP contribution >= 0.6 is 0 Å². The van der Waals surface area contributed by atoms with Gasteiger partial charge in [-0.05, 0) is 158 Å². The summed E-state index contributed by atoms with van der Waals surface area (Å²) in [5.41, 5.74) is 12.8. The predicted molar refractivity (Wildman–Crippen MR) is 265 cm³/mol. The van der Waals surface area contributed by atoms with E-state index in [4.69, 9.17) is 14.2 Å². The first-order valence-electron chi connectivity index (χ1n) is 22.4. The van der Waals surface area contributed by atoms with Crippen molar-refractivity contribution in [3.8, 4) is 11.1 Å². The molecule has 0 aliphatic heterocycles. The zero-order valence-corrected chi connectivity index (χ0v) is 37.5. The summed E-state index contributed by atoms with van der Waals surface area (Å²) in [7, 11) is 0. The molecule has 0 bridgehead atoms. The number of ether oxygens (including phenoxy) is 3. The Morgan fingerprint density at radius 1 is 0.379 bits per heavy atom. The van der Waals surface area contributed by atoms with E-state index >= 15 is 0 Å². The second kappa shape index (κ2) is 25.1. The van der Waals surface area contributed by atoms with Crippen molar-refractivity contribution in [3.63, 3.8) is 0 Å². The summed E-state index contributed by atoms with van der Waals surface area (Å²) < 4.78 is 15.5. The van der Waals surface area contributed by atoms with Gasteiger partial charge in [0.15, 0.2) is 0 Å². The molecule has 6 aromatic rings. The highest BCUT2D eigenvalue weighted by Gasteiger charge is 2.16. The van der Waals surface area contributed by atoms with Gasteiger partial charge < -0.3 is 29.1 Å². The molecule has 0 aliphatic rings. The van der Waals surface area contributed by atoms with Crippen LogP contribution in [0.15, 0.2) is 184 Å². The lowest BCUT2D eigenvalue weighted by Crippen LogP contribution is -2.10. The second-order valence-corrected chi connectivity index (χ2v) is 15.7. The van der Waals surface area contributed by atoms with Gasteiger partial charge in [-0.1, -0.05) is 92.5 Å². The summed E-state index contributed by atoms with van der Waals surface area (Å²) in [5.74, 6) is -1.23. The first kappa shape index (κ1) is 48.0. The van der Waals surface area contributed by atoms with Gasteiger partial charge in [-0.25, -0.2) is 14.4 Å². The number of carbonyl (C=O) groups excluding carboxylic acids is 3. The Morgan fingerprint density at radius 2 is 0.606 bits per heavy atom. The van der Waals surface area contributed by atoms with Crippen molar-refractivity contribution < 1.29 is 33.7 Å². The average Bonchev–Trinajstić information content (AvgIpc) is 3.36. The van der Waals surface area contributed by atoms with Crippen molar-refractivity contribution in [1.82, 2.24) is 0 Å². The van der Waals surface area contributed by atoms with E-state index in [1.807, 2.05) is 0 Å². The monoisotopic (exact) mass is 882 g/mol. The molecule has 0 spiro atoms. The maximum Gasteiger partial charge on any atom is 0.330 e. The minimum absolute atomic E-state index is 0.159. The van der Waals surface area contributed by atoms with Crippen molar-refractivity contribution >= 4 is 52.0 Å². The fourth-order valence-electron chi connectivity index (χ4n) is 7.55. The molecule has 9 heteroatoms. The summed E-state index contributed by atoms with van der Waals surface area (Å²) in [4.78, 5) is 38.9. The number of hydrogen-bond donors (Lipinski definition) is 1. The first-order valence-corrected chi connectivity index (χ1v) is 22.4. The highest BCUT2D eigenvalue weighted by Crippen LogP contribution is 2.38. The van der Waals surface area contributed by atoms with Crippen LogP contribution in [0.2, 0.25) is 0 Å². The van der Waals surface area contributed by atoms with Crippen LogP contribution in [0.3, 0.4) is 0 Å². The van der Waals surface area contributed by atoms with Crippen molar-refractivity contribution in [2.75, 3.05) is 36.2 Å². The molecule has 6 rings (SSSR count). The third kappa shape index (κ3) is 14.0. The van der Waals surface area contributed by atoms with Crippen LogP contribution in [0.1, 0.15) is 47.9 Å². The molecule has 0 saturated heterocycles. The van der Waals surface area contributed by atoms with E-state index in [9.17, 15) is 19.5 Å². The summed E-state index contributed by atoms with van der Waals surface area (Å²) in [6.45, 7) is 11.6. The minimum Gasteiger partial charge on any atom is -0.463 e. The van der Waals surface area contributed by atoms with Crippen molar-refractivity contribution in [2.24, 2.45) is 0 Å². The number of aliphatic hydroxyl groups excluding tert-OH is 1. The third-order valence-electron chi connectivity index (χ3n) is 11.0. The predicted octanol–water partition coefficient (Wildman–Crippen LogP) is 12.2. The summed E-state index contributed by atoms with van der Waals surface area (Å²) in [5, 5.41) is 9.38. The van der Waals surface area contributed by atoms with Crippen molar-refractivity contribution in [2.45, 2.75) is 51.4 Å². The normalized spacial score (nSPS) is 10.7. The number of esters is 3. The van der Waals surface area contributed by atoms with E-state index in [0.29, 0.717) is 32.7 Å². The second-order valence-electron chi connectivity index (χ2n) is 15.7. The van der Waals surface area contributed by atoms with Gasteiger partial charge in [0, 0.05) is 59.0 Å². The van der Waals surface area contributed by atoms with Crippen LogP contribution in [0.25, 0.3) is 11.1 Å². The number of hydrogen-bond acceptors (Lipinski definition) is 9. The number of anilines is 6. The zero-order valence-electron chi connectivity index (χ0n) is 37.5. The smallest absolute Gasteiger partial charge is 0.330 e. The van der Waals surface area contributed by atoms with Gasteiger partial charge >= 0.3 is 17.9 Å². The van der Waals surface area contributed by atoms with Gasteiger partial charge in [-0.3, -0.25) is 0 Å². The van der Waals surface area contributed by atoms with Crippen LogP contribution in [0.4, 0.5) is 34.1 Å². The first-order chi connectivity index (χ1) is 32.3. The molecular formula is C57H58N2O7. The molecule has 1 N–H and O–H groups in total. The molecule has 0 radical (unpaired) electrons. The van der Waals surface area contributed by atoms with Gasteiger partial charge in [0.2, 0.25) is 0 Å². The molecular weight excluding hydrogens is 825 g/mol. The van der Waals surface area contributed by atoms with Crippen LogP contribution < -0.4 is 9.80 Å². The highest BCUT2D eigenvalue weighted by atomic mass is 16.5. The Kier molecular flexibility index (Phi) is 18.3. The average molecular weight is 883 g/mol. The lowest BCUT2D eigenvalue weighted by Gasteiger charge is -2.27. The Hall–Kier alpha value is -7.49. The molecule has 0 saturated carbocycles. The molecule has 0 aromatic heterocycles. The number of nitrogens with zero attached hydrogens (tertiary/aromatic N) is 2. The fraction of sp³-hybridized carbons (Fsp3) is 0.211. The topological polar surface area (TPSA) is 106 Å². The van der Waals surface area contributed by atoms with Gasteiger partial charge in [-0.15, -0.1) is 0 Å². The molecule has 0 amide bonds. The molecule has 0 fully saturated rings. The molecule has 338 valence electrons. The molecule has 0 aliphatic carbocycles. The molecule has 6 aromatic carbocycles. The third-order valence-corrected chi connectivity index (χ3v) is 11.0. The number of rotatable bonds is 25. The van der Waals surface area contributed by atoms with Gasteiger partial charge in [-0.2, -0.15) is 0 Å². The van der Waals surface area contributed by atoms with E-state index in [2.05, 4.69) is 175 Å². The van der Waals surface area contributed by atoms with Crippen LogP contribution in [0, 0.1) is 0 Å². The molecule has 9 nitrogen and oxygen atoms in total. The maximum atomic E-state index is 11.5. The maximum absolute atomic E-state index is 11.5. The SMILES string of the molecule is C=CC(=O)OCCCc1ccc(N(c2ccc(CCCO)cc2)c2ccc(-c3ccc(N(c4ccc(CCCOC(=O)C=C)cc4)c4ccc(CCCOC(=O)C=C)cc4)cc3)cc2)cc1. The number of carbonyl (C=O) groups is 3. The molecule has 0 atom stereocenters. The fourth-order valence-corrected chi connectivity index (χ4v) is 7.55. The largest absolute Gasteiger partial charge is 0.463 e. The van der Waals surface area contributed by atoms with E-state index in [1.165, 1.54) is 23.8 Å². The Balaban J connectivity index is 1.22. The zero-order chi connectivity index (χ0) is 46.5. The van der Waals surface area contributed by atoms with Gasteiger partial charge in [0.1, 0.15) is 0 Å². The summed E-state index contributed by atoms with van der Waals surface area (Å²) in [6.07, 6.45) is 9.54.